The van der Waals surface area contributed by atoms with E-state index in [2.05, 4.69) is 4.98 Å². The van der Waals surface area contributed by atoms with E-state index in [-0.39, 0.29) is 11.6 Å². The fourth-order valence-corrected chi connectivity index (χ4v) is 1.61. The summed E-state index contributed by atoms with van der Waals surface area (Å²) in [6.07, 6.45) is 1.34. The van der Waals surface area contributed by atoms with Gasteiger partial charge in [0.1, 0.15) is 17.1 Å². The van der Waals surface area contributed by atoms with Gasteiger partial charge in [0.2, 0.25) is 0 Å². The molecule has 1 aromatic heterocycles. The monoisotopic (exact) mass is 292 g/mol. The summed E-state index contributed by atoms with van der Waals surface area (Å²) in [6.45, 7) is 1.62. The van der Waals surface area contributed by atoms with E-state index in [1.165, 1.54) is 12.3 Å². The Morgan fingerprint density at radius 1 is 1.43 bits per heavy atom. The van der Waals surface area contributed by atoms with Crippen molar-refractivity contribution in [3.63, 3.8) is 0 Å². The third-order valence-corrected chi connectivity index (χ3v) is 2.54. The van der Waals surface area contributed by atoms with Crippen LogP contribution in [0.15, 0.2) is 30.5 Å². The molecule has 0 saturated carbocycles. The van der Waals surface area contributed by atoms with Gasteiger partial charge in [-0.3, -0.25) is 10.1 Å². The number of carbonyl (C=O) groups is 1. The first-order valence-corrected chi connectivity index (χ1v) is 5.70. The van der Waals surface area contributed by atoms with Gasteiger partial charge in [0, 0.05) is 12.3 Å². The molecule has 0 aliphatic rings. The molecular weight excluding hydrogens is 283 g/mol. The van der Waals surface area contributed by atoms with Gasteiger partial charge < -0.3 is 9.84 Å². The average Bonchev–Trinajstić information content (AvgIpc) is 2.42. The van der Waals surface area contributed by atoms with E-state index in [0.717, 1.165) is 18.2 Å². The number of carboxylic acids is 1. The predicted octanol–water partition coefficient (Wildman–Crippen LogP) is 2.93. The zero-order valence-electron chi connectivity index (χ0n) is 10.7. The van der Waals surface area contributed by atoms with Crippen LogP contribution in [0.2, 0.25) is 0 Å². The molecule has 1 N–H and O–H groups in total. The topological polar surface area (TPSA) is 103 Å². The molecule has 0 spiro atoms. The number of carboxylic acid groups (broad SMARTS) is 1. The number of benzene rings is 1. The molecule has 8 heteroatoms. The standard InChI is InChI=1S/C13H9FN2O5/c1-7-4-10(16(19)20)12(15-6-7)21-11-3-2-8(14)5-9(11)13(17)18/h2-6H,1H3,(H,17,18). The normalized spacial score (nSPS) is 10.2. The molecule has 0 amide bonds. The van der Waals surface area contributed by atoms with Crippen molar-refractivity contribution in [3.8, 4) is 11.6 Å². The molecule has 2 rings (SSSR count). The van der Waals surface area contributed by atoms with E-state index in [1.54, 1.807) is 6.92 Å². The number of ether oxygens (including phenoxy) is 1. The van der Waals surface area contributed by atoms with Crippen LogP contribution in [0.5, 0.6) is 11.6 Å². The van der Waals surface area contributed by atoms with Gasteiger partial charge in [-0.25, -0.2) is 14.2 Å². The van der Waals surface area contributed by atoms with Gasteiger partial charge in [-0.05, 0) is 30.7 Å². The molecule has 108 valence electrons. The summed E-state index contributed by atoms with van der Waals surface area (Å²) in [4.78, 5) is 25.1. The fraction of sp³-hybridized carbons (Fsp3) is 0.0769. The first-order valence-electron chi connectivity index (χ1n) is 5.70. The number of nitrogens with zero attached hydrogens (tertiary/aromatic N) is 2. The second-order valence-electron chi connectivity index (χ2n) is 4.14. The van der Waals surface area contributed by atoms with Crippen LogP contribution in [0.25, 0.3) is 0 Å². The van der Waals surface area contributed by atoms with Gasteiger partial charge in [-0.15, -0.1) is 0 Å². The molecule has 0 atom stereocenters. The maximum absolute atomic E-state index is 13.1. The molecule has 0 unspecified atom stereocenters. The molecule has 0 aliphatic carbocycles. The van der Waals surface area contributed by atoms with Gasteiger partial charge in [0.05, 0.1) is 4.92 Å². The van der Waals surface area contributed by atoms with Crippen molar-refractivity contribution in [2.75, 3.05) is 0 Å². The molecule has 7 nitrogen and oxygen atoms in total. The number of rotatable bonds is 4. The highest BCUT2D eigenvalue weighted by Crippen LogP contribution is 2.31. The van der Waals surface area contributed by atoms with Crippen LogP contribution in [0.1, 0.15) is 15.9 Å². The fourth-order valence-electron chi connectivity index (χ4n) is 1.61. The Bertz CT molecular complexity index is 671. The minimum absolute atomic E-state index is 0.233. The summed E-state index contributed by atoms with van der Waals surface area (Å²) in [5, 5.41) is 19.9. The van der Waals surface area contributed by atoms with Gasteiger partial charge >= 0.3 is 11.7 Å². The largest absolute Gasteiger partial charge is 0.478 e. The number of aryl methyl sites for hydroxylation is 1. The van der Waals surface area contributed by atoms with Gasteiger partial charge in [0.25, 0.3) is 5.88 Å². The third-order valence-electron chi connectivity index (χ3n) is 2.54. The van der Waals surface area contributed by atoms with Crippen LogP contribution in [0.3, 0.4) is 0 Å². The van der Waals surface area contributed by atoms with Crippen molar-refractivity contribution >= 4 is 11.7 Å². The Morgan fingerprint density at radius 2 is 2.14 bits per heavy atom. The maximum Gasteiger partial charge on any atom is 0.339 e. The van der Waals surface area contributed by atoms with Crippen molar-refractivity contribution in [2.45, 2.75) is 6.92 Å². The van der Waals surface area contributed by atoms with Crippen LogP contribution in [0, 0.1) is 22.9 Å². The SMILES string of the molecule is Cc1cnc(Oc2ccc(F)cc2C(=O)O)c([N+](=O)[O-])c1. The van der Waals surface area contributed by atoms with Crippen LogP contribution in [-0.4, -0.2) is 21.0 Å². The number of nitro groups is 1. The Labute approximate surface area is 117 Å². The number of hydrogen-bond donors (Lipinski definition) is 1. The molecule has 0 radical (unpaired) electrons. The van der Waals surface area contributed by atoms with Crippen LogP contribution in [-0.2, 0) is 0 Å². The minimum atomic E-state index is -1.42. The second-order valence-corrected chi connectivity index (χ2v) is 4.14. The first kappa shape index (κ1) is 14.4. The number of aromatic carboxylic acids is 1. The molecule has 0 fully saturated rings. The van der Waals surface area contributed by atoms with Crippen molar-refractivity contribution in [2.24, 2.45) is 0 Å². The lowest BCUT2D eigenvalue weighted by molar-refractivity contribution is -0.386. The maximum atomic E-state index is 13.1. The molecule has 0 bridgehead atoms. The number of hydrogen-bond acceptors (Lipinski definition) is 5. The molecule has 21 heavy (non-hydrogen) atoms. The zero-order valence-corrected chi connectivity index (χ0v) is 10.7. The molecule has 1 heterocycles. The highest BCUT2D eigenvalue weighted by Gasteiger charge is 2.21. The number of pyridine rings is 1. The average molecular weight is 292 g/mol. The lowest BCUT2D eigenvalue weighted by atomic mass is 10.2. The Balaban J connectivity index is 2.48. The number of halogens is 1. The van der Waals surface area contributed by atoms with E-state index in [1.807, 2.05) is 0 Å². The van der Waals surface area contributed by atoms with E-state index in [0.29, 0.717) is 5.56 Å². The Kier molecular flexibility index (Phi) is 3.79. The van der Waals surface area contributed by atoms with Crippen molar-refractivity contribution in [1.29, 1.82) is 0 Å². The molecule has 0 aliphatic heterocycles. The third kappa shape index (κ3) is 3.11. The minimum Gasteiger partial charge on any atom is -0.478 e. The van der Waals surface area contributed by atoms with Crippen molar-refractivity contribution in [1.82, 2.24) is 4.98 Å². The van der Waals surface area contributed by atoms with E-state index < -0.39 is 28.0 Å². The lowest BCUT2D eigenvalue weighted by Gasteiger charge is -2.08. The Hall–Kier alpha value is -3.03. The highest BCUT2D eigenvalue weighted by atomic mass is 19.1. The van der Waals surface area contributed by atoms with Crippen LogP contribution in [0.4, 0.5) is 10.1 Å². The Morgan fingerprint density at radius 3 is 2.76 bits per heavy atom. The van der Waals surface area contributed by atoms with Crippen LogP contribution >= 0.6 is 0 Å². The van der Waals surface area contributed by atoms with Crippen LogP contribution < -0.4 is 4.74 Å². The van der Waals surface area contributed by atoms with Gasteiger partial charge in [-0.1, -0.05) is 0 Å². The summed E-state index contributed by atoms with van der Waals surface area (Å²) in [5.41, 5.74) is -0.311. The van der Waals surface area contributed by atoms with E-state index in [9.17, 15) is 19.3 Å². The van der Waals surface area contributed by atoms with Crippen molar-refractivity contribution < 1.29 is 24.0 Å². The summed E-state index contributed by atoms with van der Waals surface area (Å²) < 4.78 is 18.2. The molecule has 1 aromatic carbocycles. The summed E-state index contributed by atoms with van der Waals surface area (Å²) in [7, 11) is 0. The molecule has 0 saturated heterocycles. The molecule has 2 aromatic rings. The quantitative estimate of drug-likeness (QED) is 0.686. The van der Waals surface area contributed by atoms with E-state index >= 15 is 0 Å². The van der Waals surface area contributed by atoms with Gasteiger partial charge in [-0.2, -0.15) is 0 Å². The lowest BCUT2D eigenvalue weighted by Crippen LogP contribution is -2.03. The highest BCUT2D eigenvalue weighted by molar-refractivity contribution is 5.91. The van der Waals surface area contributed by atoms with E-state index in [4.69, 9.17) is 9.84 Å². The predicted molar refractivity (Wildman–Crippen MR) is 69.1 cm³/mol. The first-order chi connectivity index (χ1) is 9.88. The second kappa shape index (κ2) is 5.53. The number of aromatic nitrogens is 1. The van der Waals surface area contributed by atoms with Gasteiger partial charge in [0.15, 0.2) is 0 Å². The smallest absolute Gasteiger partial charge is 0.339 e. The summed E-state index contributed by atoms with van der Waals surface area (Å²) in [5.74, 6) is -2.77. The zero-order chi connectivity index (χ0) is 15.6. The van der Waals surface area contributed by atoms with Crippen molar-refractivity contribution in [3.05, 3.63) is 57.5 Å². The summed E-state index contributed by atoms with van der Waals surface area (Å²) >= 11 is 0. The summed E-state index contributed by atoms with van der Waals surface area (Å²) in [6, 6.07) is 4.07. The molecular formula is C13H9FN2O5.